The highest BCUT2D eigenvalue weighted by atomic mass is 16.7. The van der Waals surface area contributed by atoms with Crippen LogP contribution < -0.4 is 19.5 Å². The minimum Gasteiger partial charge on any atom is -0.474 e. The third-order valence-electron chi connectivity index (χ3n) is 3.63. The number of hydrogen-bond donors (Lipinski definition) is 1. The number of benzene rings is 2. The van der Waals surface area contributed by atoms with Gasteiger partial charge in [-0.15, -0.1) is 0 Å². The number of anilines is 1. The van der Waals surface area contributed by atoms with Gasteiger partial charge in [-0.2, -0.15) is 0 Å². The fourth-order valence-electron chi connectivity index (χ4n) is 2.31. The zero-order valence-electron chi connectivity index (χ0n) is 13.6. The highest BCUT2D eigenvalue weighted by Crippen LogP contribution is 2.34. The number of amides is 1. The highest BCUT2D eigenvalue weighted by molar-refractivity contribution is 5.94. The molecule has 2 aromatic rings. The zero-order chi connectivity index (χ0) is 18.7. The second-order valence-corrected chi connectivity index (χ2v) is 5.42. The molecule has 134 valence electrons. The first-order chi connectivity index (χ1) is 12.5. The average Bonchev–Trinajstić information content (AvgIpc) is 3.09. The van der Waals surface area contributed by atoms with Gasteiger partial charge in [0.1, 0.15) is 6.29 Å². The Kier molecular flexibility index (Phi) is 4.70. The van der Waals surface area contributed by atoms with E-state index < -0.39 is 22.6 Å². The third-order valence-corrected chi connectivity index (χ3v) is 3.63. The number of nitro benzene ring substituents is 1. The molecule has 0 bridgehead atoms. The van der Waals surface area contributed by atoms with Crippen molar-refractivity contribution in [1.29, 1.82) is 0 Å². The Morgan fingerprint density at radius 3 is 2.77 bits per heavy atom. The minimum atomic E-state index is -1.01. The van der Waals surface area contributed by atoms with Crippen molar-refractivity contribution in [2.24, 2.45) is 0 Å². The highest BCUT2D eigenvalue weighted by Gasteiger charge is 2.22. The van der Waals surface area contributed by atoms with Crippen LogP contribution in [0.15, 0.2) is 36.4 Å². The van der Waals surface area contributed by atoms with Crippen molar-refractivity contribution >= 4 is 23.6 Å². The second-order valence-electron chi connectivity index (χ2n) is 5.42. The van der Waals surface area contributed by atoms with Crippen LogP contribution in [0, 0.1) is 10.1 Å². The van der Waals surface area contributed by atoms with Crippen molar-refractivity contribution in [3.63, 3.8) is 0 Å². The van der Waals surface area contributed by atoms with Crippen LogP contribution in [0.25, 0.3) is 0 Å². The summed E-state index contributed by atoms with van der Waals surface area (Å²) in [6.07, 6.45) is -0.520. The molecule has 26 heavy (non-hydrogen) atoms. The molecule has 1 heterocycles. The standard InChI is InChI=1S/C17H14N2O7/c1-10(26-14-4-2-11(8-20)6-13(14)19(22)23)17(21)18-12-3-5-15-16(7-12)25-9-24-15/h2-8,10H,9H2,1H3,(H,18,21)/t10-/m1/s1. The maximum atomic E-state index is 12.3. The van der Waals surface area contributed by atoms with E-state index in [1.165, 1.54) is 19.1 Å². The summed E-state index contributed by atoms with van der Waals surface area (Å²) in [6, 6.07) is 8.65. The smallest absolute Gasteiger partial charge is 0.311 e. The lowest BCUT2D eigenvalue weighted by molar-refractivity contribution is -0.386. The fraction of sp³-hybridized carbons (Fsp3) is 0.176. The fourth-order valence-corrected chi connectivity index (χ4v) is 2.31. The van der Waals surface area contributed by atoms with Crippen LogP contribution in [0.2, 0.25) is 0 Å². The molecule has 9 heteroatoms. The number of fused-ring (bicyclic) bond motifs is 1. The Hall–Kier alpha value is -3.62. The summed E-state index contributed by atoms with van der Waals surface area (Å²) in [6.45, 7) is 1.58. The molecule has 0 fully saturated rings. The molecule has 2 aromatic carbocycles. The van der Waals surface area contributed by atoms with Crippen LogP contribution in [0.5, 0.6) is 17.2 Å². The number of hydrogen-bond acceptors (Lipinski definition) is 7. The quantitative estimate of drug-likeness (QED) is 0.479. The normalized spacial score (nSPS) is 13.0. The van der Waals surface area contributed by atoms with E-state index in [1.807, 2.05) is 0 Å². The van der Waals surface area contributed by atoms with Crippen LogP contribution >= 0.6 is 0 Å². The number of carbonyl (C=O) groups is 2. The number of nitrogens with zero attached hydrogens (tertiary/aromatic N) is 1. The van der Waals surface area contributed by atoms with Crippen LogP contribution in [0.3, 0.4) is 0 Å². The topological polar surface area (TPSA) is 117 Å². The summed E-state index contributed by atoms with van der Waals surface area (Å²) in [5.41, 5.74) is 0.222. The number of nitro groups is 1. The van der Waals surface area contributed by atoms with E-state index in [-0.39, 0.29) is 18.1 Å². The van der Waals surface area contributed by atoms with E-state index in [1.54, 1.807) is 18.2 Å². The zero-order valence-corrected chi connectivity index (χ0v) is 13.6. The lowest BCUT2D eigenvalue weighted by atomic mass is 10.2. The SMILES string of the molecule is C[C@@H](Oc1ccc(C=O)cc1[N+](=O)[O-])C(=O)Nc1ccc2c(c1)OCO2. The summed E-state index contributed by atoms with van der Waals surface area (Å²) >= 11 is 0. The monoisotopic (exact) mass is 358 g/mol. The predicted octanol–water partition coefficient (Wildman–Crippen LogP) is 2.54. The molecular weight excluding hydrogens is 344 g/mol. The summed E-state index contributed by atoms with van der Waals surface area (Å²) in [5.74, 6) is 0.487. The van der Waals surface area contributed by atoms with Gasteiger partial charge in [-0.25, -0.2) is 0 Å². The van der Waals surface area contributed by atoms with Gasteiger partial charge in [-0.1, -0.05) is 0 Å². The van der Waals surface area contributed by atoms with Crippen molar-refractivity contribution in [1.82, 2.24) is 0 Å². The molecule has 0 saturated heterocycles. The van der Waals surface area contributed by atoms with Crippen LogP contribution in [0.1, 0.15) is 17.3 Å². The number of carbonyl (C=O) groups excluding carboxylic acids is 2. The predicted molar refractivity (Wildman–Crippen MR) is 89.8 cm³/mol. The van der Waals surface area contributed by atoms with Gasteiger partial charge < -0.3 is 19.5 Å². The molecule has 1 N–H and O–H groups in total. The van der Waals surface area contributed by atoms with E-state index >= 15 is 0 Å². The molecule has 0 spiro atoms. The molecule has 0 aliphatic carbocycles. The van der Waals surface area contributed by atoms with E-state index in [0.29, 0.717) is 23.5 Å². The van der Waals surface area contributed by atoms with Crippen molar-refractivity contribution < 1.29 is 28.7 Å². The lowest BCUT2D eigenvalue weighted by Crippen LogP contribution is -2.30. The second kappa shape index (κ2) is 7.09. The molecule has 0 aromatic heterocycles. The lowest BCUT2D eigenvalue weighted by Gasteiger charge is -2.15. The Bertz CT molecular complexity index is 881. The molecule has 0 unspecified atom stereocenters. The van der Waals surface area contributed by atoms with Crippen LogP contribution in [-0.2, 0) is 4.79 Å². The molecule has 0 radical (unpaired) electrons. The molecule has 1 amide bonds. The van der Waals surface area contributed by atoms with Gasteiger partial charge >= 0.3 is 5.69 Å². The number of rotatable bonds is 6. The van der Waals surface area contributed by atoms with E-state index in [0.717, 1.165) is 6.07 Å². The number of aldehydes is 1. The number of ether oxygens (including phenoxy) is 3. The van der Waals surface area contributed by atoms with Gasteiger partial charge in [0.2, 0.25) is 6.79 Å². The summed E-state index contributed by atoms with van der Waals surface area (Å²) in [4.78, 5) is 33.5. The Morgan fingerprint density at radius 1 is 1.27 bits per heavy atom. The average molecular weight is 358 g/mol. The van der Waals surface area contributed by atoms with E-state index in [9.17, 15) is 19.7 Å². The third kappa shape index (κ3) is 3.56. The van der Waals surface area contributed by atoms with Crippen molar-refractivity contribution in [2.45, 2.75) is 13.0 Å². The summed E-state index contributed by atoms with van der Waals surface area (Å²) in [7, 11) is 0. The molecule has 1 aliphatic rings. The van der Waals surface area contributed by atoms with Crippen LogP contribution in [0.4, 0.5) is 11.4 Å². The Morgan fingerprint density at radius 2 is 2.04 bits per heavy atom. The Balaban J connectivity index is 1.71. The van der Waals surface area contributed by atoms with Crippen LogP contribution in [-0.4, -0.2) is 30.0 Å². The molecule has 9 nitrogen and oxygen atoms in total. The first-order valence-corrected chi connectivity index (χ1v) is 7.58. The summed E-state index contributed by atoms with van der Waals surface area (Å²) in [5, 5.41) is 13.8. The molecular formula is C17H14N2O7. The van der Waals surface area contributed by atoms with Crippen molar-refractivity contribution in [3.05, 3.63) is 52.1 Å². The largest absolute Gasteiger partial charge is 0.474 e. The van der Waals surface area contributed by atoms with Gasteiger partial charge in [0, 0.05) is 23.4 Å². The number of nitrogens with one attached hydrogen (secondary N) is 1. The summed E-state index contributed by atoms with van der Waals surface area (Å²) < 4.78 is 15.8. The van der Waals surface area contributed by atoms with Gasteiger partial charge in [0.25, 0.3) is 5.91 Å². The molecule has 1 atom stereocenters. The first kappa shape index (κ1) is 17.2. The van der Waals surface area contributed by atoms with Gasteiger partial charge in [-0.05, 0) is 31.2 Å². The van der Waals surface area contributed by atoms with E-state index in [2.05, 4.69) is 5.32 Å². The molecule has 1 aliphatic heterocycles. The molecule has 0 saturated carbocycles. The maximum absolute atomic E-state index is 12.3. The van der Waals surface area contributed by atoms with Gasteiger partial charge in [0.05, 0.1) is 4.92 Å². The van der Waals surface area contributed by atoms with Gasteiger partial charge in [0.15, 0.2) is 23.4 Å². The van der Waals surface area contributed by atoms with Crippen molar-refractivity contribution in [2.75, 3.05) is 12.1 Å². The first-order valence-electron chi connectivity index (χ1n) is 7.58. The Labute approximate surface area is 147 Å². The van der Waals surface area contributed by atoms with Crippen molar-refractivity contribution in [3.8, 4) is 17.2 Å². The van der Waals surface area contributed by atoms with Gasteiger partial charge in [-0.3, -0.25) is 19.7 Å². The van der Waals surface area contributed by atoms with E-state index in [4.69, 9.17) is 14.2 Å². The molecule has 3 rings (SSSR count). The maximum Gasteiger partial charge on any atom is 0.311 e. The minimum absolute atomic E-state index is 0.103.